The van der Waals surface area contributed by atoms with E-state index in [0.717, 1.165) is 12.0 Å². The molecule has 0 aromatic rings. The Morgan fingerprint density at radius 1 is 1.43 bits per heavy atom. The van der Waals surface area contributed by atoms with Crippen molar-refractivity contribution in [1.29, 1.82) is 0 Å². The highest BCUT2D eigenvalue weighted by atomic mass is 35.5. The maximum Gasteiger partial charge on any atom is 0.0345 e. The quantitative estimate of drug-likeness (QED) is 0.716. The van der Waals surface area contributed by atoms with Crippen LogP contribution in [0.3, 0.4) is 0 Å². The number of hydrogen-bond donors (Lipinski definition) is 2. The van der Waals surface area contributed by atoms with Crippen LogP contribution in [0.5, 0.6) is 0 Å². The molecule has 2 aliphatic rings. The molecule has 2 rings (SSSR count). The van der Waals surface area contributed by atoms with Gasteiger partial charge >= 0.3 is 0 Å². The molecule has 0 amide bonds. The largest absolute Gasteiger partial charge is 0.319 e. The second-order valence-corrected chi connectivity index (χ2v) is 4.37. The van der Waals surface area contributed by atoms with Crippen LogP contribution in [-0.4, -0.2) is 50.7 Å². The summed E-state index contributed by atoms with van der Waals surface area (Å²) in [6.45, 7) is 6.26. The van der Waals surface area contributed by atoms with Crippen molar-refractivity contribution in [3.8, 4) is 0 Å². The standard InChI is InChI=1S/C10H21N3.ClH/c1-11-5-9-3-2-4-13(8-9)10-6-12-7-10;/h9-12H,2-8H2,1H3;1H. The van der Waals surface area contributed by atoms with Gasteiger partial charge in [-0.05, 0) is 38.9 Å². The average molecular weight is 220 g/mol. The maximum atomic E-state index is 3.35. The summed E-state index contributed by atoms with van der Waals surface area (Å²) in [4.78, 5) is 2.67. The van der Waals surface area contributed by atoms with Gasteiger partial charge in [0.2, 0.25) is 0 Å². The van der Waals surface area contributed by atoms with E-state index in [1.807, 2.05) is 0 Å². The fourth-order valence-corrected chi connectivity index (χ4v) is 2.42. The number of nitrogens with zero attached hydrogens (tertiary/aromatic N) is 1. The summed E-state index contributed by atoms with van der Waals surface area (Å²) in [5.74, 6) is 0.888. The van der Waals surface area contributed by atoms with E-state index in [2.05, 4.69) is 22.6 Å². The van der Waals surface area contributed by atoms with Gasteiger partial charge in [-0.25, -0.2) is 0 Å². The maximum absolute atomic E-state index is 3.35. The van der Waals surface area contributed by atoms with Crippen molar-refractivity contribution < 1.29 is 0 Å². The van der Waals surface area contributed by atoms with Gasteiger partial charge in [0.15, 0.2) is 0 Å². The van der Waals surface area contributed by atoms with Gasteiger partial charge in [0.05, 0.1) is 0 Å². The van der Waals surface area contributed by atoms with Gasteiger partial charge in [-0.2, -0.15) is 0 Å². The number of piperidine rings is 1. The molecular formula is C10H22ClN3. The van der Waals surface area contributed by atoms with Gasteiger partial charge in [-0.3, -0.25) is 4.90 Å². The smallest absolute Gasteiger partial charge is 0.0345 e. The first kappa shape index (κ1) is 12.2. The van der Waals surface area contributed by atoms with Gasteiger partial charge in [-0.15, -0.1) is 12.4 Å². The zero-order valence-corrected chi connectivity index (χ0v) is 9.78. The highest BCUT2D eigenvalue weighted by molar-refractivity contribution is 5.85. The second-order valence-electron chi connectivity index (χ2n) is 4.37. The van der Waals surface area contributed by atoms with Crippen molar-refractivity contribution in [2.75, 3.05) is 39.8 Å². The molecule has 0 aromatic carbocycles. The zero-order chi connectivity index (χ0) is 9.10. The molecule has 1 atom stereocenters. The lowest BCUT2D eigenvalue weighted by molar-refractivity contribution is 0.0910. The number of hydrogen-bond acceptors (Lipinski definition) is 3. The van der Waals surface area contributed by atoms with Crippen LogP contribution in [0.2, 0.25) is 0 Å². The van der Waals surface area contributed by atoms with Crippen molar-refractivity contribution in [2.24, 2.45) is 5.92 Å². The van der Waals surface area contributed by atoms with E-state index in [1.54, 1.807) is 0 Å². The van der Waals surface area contributed by atoms with Gasteiger partial charge < -0.3 is 10.6 Å². The molecule has 2 fully saturated rings. The van der Waals surface area contributed by atoms with Gasteiger partial charge in [-0.1, -0.05) is 0 Å². The van der Waals surface area contributed by atoms with E-state index < -0.39 is 0 Å². The van der Waals surface area contributed by atoms with Crippen LogP contribution in [0, 0.1) is 5.92 Å². The molecule has 2 aliphatic heterocycles. The third-order valence-electron chi connectivity index (χ3n) is 3.32. The summed E-state index contributed by atoms with van der Waals surface area (Å²) in [5.41, 5.74) is 0. The molecule has 0 radical (unpaired) electrons. The van der Waals surface area contributed by atoms with E-state index in [1.165, 1.54) is 45.6 Å². The van der Waals surface area contributed by atoms with E-state index in [-0.39, 0.29) is 12.4 Å². The lowest BCUT2D eigenvalue weighted by atomic mass is 9.95. The highest BCUT2D eigenvalue weighted by Crippen LogP contribution is 2.19. The molecule has 2 N–H and O–H groups in total. The molecule has 0 aliphatic carbocycles. The predicted octanol–water partition coefficient (Wildman–Crippen LogP) is 0.311. The molecule has 0 bridgehead atoms. The molecule has 84 valence electrons. The summed E-state index contributed by atoms with van der Waals surface area (Å²) in [6.07, 6.45) is 2.81. The SMILES string of the molecule is CNCC1CCCN(C2CNC2)C1.Cl. The number of halogens is 1. The molecule has 0 spiro atoms. The summed E-state index contributed by atoms with van der Waals surface area (Å²) in [7, 11) is 2.06. The minimum absolute atomic E-state index is 0. The molecular weight excluding hydrogens is 198 g/mol. The van der Waals surface area contributed by atoms with Crippen molar-refractivity contribution >= 4 is 12.4 Å². The first-order valence-corrected chi connectivity index (χ1v) is 5.49. The van der Waals surface area contributed by atoms with Crippen molar-refractivity contribution in [2.45, 2.75) is 18.9 Å². The second kappa shape index (κ2) is 5.91. The summed E-state index contributed by atoms with van der Waals surface area (Å²) in [6, 6.07) is 0.847. The van der Waals surface area contributed by atoms with Gasteiger partial charge in [0, 0.05) is 25.7 Å². The Hall–Kier alpha value is 0.170. The Kier molecular flexibility index (Phi) is 5.17. The fourth-order valence-electron chi connectivity index (χ4n) is 2.42. The molecule has 1 unspecified atom stereocenters. The predicted molar refractivity (Wildman–Crippen MR) is 62.1 cm³/mol. The topological polar surface area (TPSA) is 27.3 Å². The Bertz CT molecular complexity index is 159. The van der Waals surface area contributed by atoms with E-state index in [9.17, 15) is 0 Å². The Morgan fingerprint density at radius 3 is 2.79 bits per heavy atom. The summed E-state index contributed by atoms with van der Waals surface area (Å²) >= 11 is 0. The van der Waals surface area contributed by atoms with Crippen LogP contribution in [0.15, 0.2) is 0 Å². The fraction of sp³-hybridized carbons (Fsp3) is 1.00. The molecule has 2 saturated heterocycles. The minimum Gasteiger partial charge on any atom is -0.319 e. The van der Waals surface area contributed by atoms with Crippen LogP contribution in [-0.2, 0) is 0 Å². The zero-order valence-electron chi connectivity index (χ0n) is 8.96. The van der Waals surface area contributed by atoms with Crippen molar-refractivity contribution in [3.05, 3.63) is 0 Å². The van der Waals surface area contributed by atoms with E-state index >= 15 is 0 Å². The third-order valence-corrected chi connectivity index (χ3v) is 3.32. The van der Waals surface area contributed by atoms with Crippen molar-refractivity contribution in [3.63, 3.8) is 0 Å². The lowest BCUT2D eigenvalue weighted by Crippen LogP contribution is -2.59. The first-order valence-electron chi connectivity index (χ1n) is 5.49. The van der Waals surface area contributed by atoms with Gasteiger partial charge in [0.1, 0.15) is 0 Å². The Balaban J connectivity index is 0.000000980. The summed E-state index contributed by atoms with van der Waals surface area (Å²) in [5, 5.41) is 6.64. The molecule has 0 aromatic heterocycles. The number of nitrogens with one attached hydrogen (secondary N) is 2. The normalized spacial score (nSPS) is 29.4. The van der Waals surface area contributed by atoms with Crippen LogP contribution in [0.1, 0.15) is 12.8 Å². The Labute approximate surface area is 93.0 Å². The first-order chi connectivity index (χ1) is 6.40. The van der Waals surface area contributed by atoms with Crippen molar-refractivity contribution in [1.82, 2.24) is 15.5 Å². The molecule has 0 saturated carbocycles. The minimum atomic E-state index is 0. The number of rotatable bonds is 3. The average Bonchev–Trinajstić information content (AvgIpc) is 2.02. The van der Waals surface area contributed by atoms with Crippen LogP contribution in [0.25, 0.3) is 0 Å². The summed E-state index contributed by atoms with van der Waals surface area (Å²) < 4.78 is 0. The molecule has 2 heterocycles. The monoisotopic (exact) mass is 219 g/mol. The third kappa shape index (κ3) is 2.83. The van der Waals surface area contributed by atoms with Gasteiger partial charge in [0.25, 0.3) is 0 Å². The highest BCUT2D eigenvalue weighted by Gasteiger charge is 2.28. The molecule has 14 heavy (non-hydrogen) atoms. The van der Waals surface area contributed by atoms with E-state index in [4.69, 9.17) is 0 Å². The number of likely N-dealkylation sites (tertiary alicyclic amines) is 1. The van der Waals surface area contributed by atoms with Crippen LogP contribution < -0.4 is 10.6 Å². The van der Waals surface area contributed by atoms with Crippen LogP contribution in [0.4, 0.5) is 0 Å². The lowest BCUT2D eigenvalue weighted by Gasteiger charge is -2.42. The van der Waals surface area contributed by atoms with Crippen LogP contribution >= 0.6 is 12.4 Å². The molecule has 3 nitrogen and oxygen atoms in total. The van der Waals surface area contributed by atoms with E-state index in [0.29, 0.717) is 0 Å². The molecule has 4 heteroatoms. The Morgan fingerprint density at radius 2 is 2.21 bits per heavy atom.